The smallest absolute Gasteiger partial charge is 0.200 e. The van der Waals surface area contributed by atoms with Gasteiger partial charge in [0, 0.05) is 5.56 Å². The minimum absolute atomic E-state index is 0.00354. The quantitative estimate of drug-likeness (QED) is 0.395. The number of ether oxygens (including phenoxy) is 1. The van der Waals surface area contributed by atoms with E-state index >= 15 is 0 Å². The number of hydrogen-bond donors (Lipinski definition) is 0. The van der Waals surface area contributed by atoms with E-state index < -0.39 is 0 Å². The predicted octanol–water partition coefficient (Wildman–Crippen LogP) is 7.67. The maximum Gasteiger partial charge on any atom is 0.200 e. The van der Waals surface area contributed by atoms with Gasteiger partial charge in [0.15, 0.2) is 6.61 Å². The third-order valence-corrected chi connectivity index (χ3v) is 5.60. The maximum atomic E-state index is 12.8. The standard InChI is InChI=1S/C28H34O2/c1-27(2,3)18-25(28(4,5)6)21-14-16-22(17-15-21)30-19-26(29)24-13-9-11-20-10-7-8-12-23(20)24/h7-17,25H,18-19H2,1-6H3. The minimum Gasteiger partial charge on any atom is -0.485 e. The molecule has 1 atom stereocenters. The average molecular weight is 403 g/mol. The zero-order valence-corrected chi connectivity index (χ0v) is 19.2. The molecule has 0 aliphatic carbocycles. The molecule has 0 aliphatic heterocycles. The van der Waals surface area contributed by atoms with Gasteiger partial charge in [-0.25, -0.2) is 0 Å². The maximum absolute atomic E-state index is 12.8. The molecule has 0 heterocycles. The lowest BCUT2D eigenvalue weighted by molar-refractivity contribution is 0.0923. The van der Waals surface area contributed by atoms with Crippen LogP contribution in [-0.2, 0) is 0 Å². The molecule has 2 heteroatoms. The molecule has 30 heavy (non-hydrogen) atoms. The summed E-state index contributed by atoms with van der Waals surface area (Å²) in [7, 11) is 0. The Kier molecular flexibility index (Phi) is 6.36. The SMILES string of the molecule is CC(C)(C)CC(c1ccc(OCC(=O)c2cccc3ccccc23)cc1)C(C)(C)C. The molecular weight excluding hydrogens is 368 g/mol. The summed E-state index contributed by atoms with van der Waals surface area (Å²) >= 11 is 0. The number of hydrogen-bond acceptors (Lipinski definition) is 2. The van der Waals surface area contributed by atoms with Crippen LogP contribution in [0.4, 0.5) is 0 Å². The van der Waals surface area contributed by atoms with E-state index in [1.165, 1.54) is 5.56 Å². The second kappa shape index (κ2) is 8.63. The van der Waals surface area contributed by atoms with Gasteiger partial charge in [0.1, 0.15) is 5.75 Å². The van der Waals surface area contributed by atoms with Crippen LogP contribution in [0, 0.1) is 10.8 Å². The largest absolute Gasteiger partial charge is 0.485 e. The highest BCUT2D eigenvalue weighted by molar-refractivity contribution is 6.08. The molecular formula is C28H34O2. The fourth-order valence-electron chi connectivity index (χ4n) is 4.03. The Morgan fingerprint density at radius 3 is 2.10 bits per heavy atom. The van der Waals surface area contributed by atoms with E-state index in [9.17, 15) is 4.79 Å². The first-order valence-corrected chi connectivity index (χ1v) is 10.8. The van der Waals surface area contributed by atoms with Crippen LogP contribution in [-0.4, -0.2) is 12.4 Å². The second-order valence-corrected chi connectivity index (χ2v) is 10.5. The Morgan fingerprint density at radius 1 is 0.833 bits per heavy atom. The Bertz CT molecular complexity index is 996. The molecule has 0 saturated carbocycles. The number of benzene rings is 3. The molecule has 0 N–H and O–H groups in total. The second-order valence-electron chi connectivity index (χ2n) is 10.5. The summed E-state index contributed by atoms with van der Waals surface area (Å²) in [5.74, 6) is 1.19. The lowest BCUT2D eigenvalue weighted by Crippen LogP contribution is -2.23. The highest BCUT2D eigenvalue weighted by Crippen LogP contribution is 2.43. The van der Waals surface area contributed by atoms with Crippen molar-refractivity contribution in [2.45, 2.75) is 53.9 Å². The first-order chi connectivity index (χ1) is 14.0. The lowest BCUT2D eigenvalue weighted by Gasteiger charge is -2.36. The van der Waals surface area contributed by atoms with E-state index in [4.69, 9.17) is 4.74 Å². The van der Waals surface area contributed by atoms with Crippen molar-refractivity contribution in [2.75, 3.05) is 6.61 Å². The van der Waals surface area contributed by atoms with Crippen molar-refractivity contribution >= 4 is 16.6 Å². The fourth-order valence-corrected chi connectivity index (χ4v) is 4.03. The van der Waals surface area contributed by atoms with Gasteiger partial charge < -0.3 is 4.74 Å². The Morgan fingerprint density at radius 2 is 1.47 bits per heavy atom. The Labute approximate surface area is 181 Å². The normalized spacial score (nSPS) is 13.3. The van der Waals surface area contributed by atoms with Crippen molar-refractivity contribution in [1.29, 1.82) is 0 Å². The molecule has 0 bridgehead atoms. The van der Waals surface area contributed by atoms with Crippen molar-refractivity contribution < 1.29 is 9.53 Å². The summed E-state index contributed by atoms with van der Waals surface area (Å²) in [5.41, 5.74) is 2.48. The molecule has 0 spiro atoms. The van der Waals surface area contributed by atoms with E-state index in [2.05, 4.69) is 53.7 Å². The topological polar surface area (TPSA) is 26.3 Å². The summed E-state index contributed by atoms with van der Waals surface area (Å²) in [6.45, 7) is 13.8. The van der Waals surface area contributed by atoms with Crippen molar-refractivity contribution in [3.8, 4) is 5.75 Å². The molecule has 3 aromatic rings. The number of Topliss-reactive ketones (excluding diaryl/α,β-unsaturated/α-hetero) is 1. The van der Waals surface area contributed by atoms with Gasteiger partial charge in [-0.2, -0.15) is 0 Å². The summed E-state index contributed by atoms with van der Waals surface area (Å²) in [6.07, 6.45) is 1.12. The molecule has 1 unspecified atom stereocenters. The Hall–Kier alpha value is -2.61. The van der Waals surface area contributed by atoms with Gasteiger partial charge in [0.2, 0.25) is 5.78 Å². The van der Waals surface area contributed by atoms with Crippen molar-refractivity contribution in [3.63, 3.8) is 0 Å². The summed E-state index contributed by atoms with van der Waals surface area (Å²) in [4.78, 5) is 12.8. The van der Waals surface area contributed by atoms with E-state index in [1.54, 1.807) is 0 Å². The van der Waals surface area contributed by atoms with E-state index in [0.29, 0.717) is 11.5 Å². The van der Waals surface area contributed by atoms with Gasteiger partial charge in [-0.3, -0.25) is 4.79 Å². The van der Waals surface area contributed by atoms with E-state index in [0.717, 1.165) is 22.9 Å². The zero-order valence-electron chi connectivity index (χ0n) is 19.2. The van der Waals surface area contributed by atoms with E-state index in [-0.39, 0.29) is 23.2 Å². The van der Waals surface area contributed by atoms with Crippen LogP contribution in [0.3, 0.4) is 0 Å². The van der Waals surface area contributed by atoms with Crippen LogP contribution in [0.15, 0.2) is 66.7 Å². The minimum atomic E-state index is -0.00354. The van der Waals surface area contributed by atoms with Crippen molar-refractivity contribution in [3.05, 3.63) is 77.9 Å². The molecule has 0 aliphatic rings. The molecule has 0 amide bonds. The third-order valence-electron chi connectivity index (χ3n) is 5.60. The molecule has 3 rings (SSSR count). The van der Waals surface area contributed by atoms with Crippen LogP contribution in [0.1, 0.15) is 69.8 Å². The van der Waals surface area contributed by atoms with Gasteiger partial charge >= 0.3 is 0 Å². The van der Waals surface area contributed by atoms with Gasteiger partial charge in [0.05, 0.1) is 0 Å². The first kappa shape index (κ1) is 22.1. The van der Waals surface area contributed by atoms with Crippen LogP contribution in [0.5, 0.6) is 5.75 Å². The molecule has 158 valence electrons. The molecule has 0 radical (unpaired) electrons. The van der Waals surface area contributed by atoms with Gasteiger partial charge in [-0.15, -0.1) is 0 Å². The monoisotopic (exact) mass is 402 g/mol. The number of ketones is 1. The fraction of sp³-hybridized carbons (Fsp3) is 0.393. The van der Waals surface area contributed by atoms with Crippen LogP contribution >= 0.6 is 0 Å². The van der Waals surface area contributed by atoms with Gasteiger partial charge in [-0.05, 0) is 51.6 Å². The number of fused-ring (bicyclic) bond motifs is 1. The van der Waals surface area contributed by atoms with Gasteiger partial charge in [0.25, 0.3) is 0 Å². The highest BCUT2D eigenvalue weighted by Gasteiger charge is 2.30. The molecule has 2 nitrogen and oxygen atoms in total. The van der Waals surface area contributed by atoms with Crippen molar-refractivity contribution in [2.24, 2.45) is 10.8 Å². The average Bonchev–Trinajstić information content (AvgIpc) is 2.69. The summed E-state index contributed by atoms with van der Waals surface area (Å²) in [6, 6.07) is 22.1. The molecule has 3 aromatic carbocycles. The van der Waals surface area contributed by atoms with Crippen molar-refractivity contribution in [1.82, 2.24) is 0 Å². The summed E-state index contributed by atoms with van der Waals surface area (Å²) < 4.78 is 5.84. The zero-order chi connectivity index (χ0) is 21.9. The van der Waals surface area contributed by atoms with Crippen LogP contribution in [0.2, 0.25) is 0 Å². The lowest BCUT2D eigenvalue weighted by atomic mass is 9.69. The first-order valence-electron chi connectivity index (χ1n) is 10.8. The third kappa shape index (κ3) is 5.50. The van der Waals surface area contributed by atoms with Crippen LogP contribution in [0.25, 0.3) is 10.8 Å². The highest BCUT2D eigenvalue weighted by atomic mass is 16.5. The number of carbonyl (C=O) groups is 1. The predicted molar refractivity (Wildman–Crippen MR) is 126 cm³/mol. The Balaban J connectivity index is 1.71. The molecule has 0 aromatic heterocycles. The number of rotatable bonds is 6. The van der Waals surface area contributed by atoms with E-state index in [1.807, 2.05) is 54.6 Å². The summed E-state index contributed by atoms with van der Waals surface area (Å²) in [5, 5.41) is 2.04. The molecule has 0 saturated heterocycles. The molecule has 0 fully saturated rings. The number of carbonyl (C=O) groups excluding carboxylic acids is 1. The van der Waals surface area contributed by atoms with Crippen LogP contribution < -0.4 is 4.74 Å². The van der Waals surface area contributed by atoms with Gasteiger partial charge in [-0.1, -0.05) is 96.1 Å².